The van der Waals surface area contributed by atoms with Crippen LogP contribution in [-0.4, -0.2) is 9.67 Å². The van der Waals surface area contributed by atoms with Crippen molar-refractivity contribution >= 4 is 0 Å². The van der Waals surface area contributed by atoms with E-state index >= 15 is 0 Å². The van der Waals surface area contributed by atoms with Crippen molar-refractivity contribution in [3.8, 4) is 11.4 Å². The molecule has 2 heteroatoms. The molecule has 0 bridgehead atoms. The van der Waals surface area contributed by atoms with Gasteiger partial charge in [-0.15, -0.1) is 0 Å². The van der Waals surface area contributed by atoms with Gasteiger partial charge >= 0.3 is 0 Å². The van der Waals surface area contributed by atoms with Crippen molar-refractivity contribution in [2.75, 3.05) is 0 Å². The van der Waals surface area contributed by atoms with Crippen LogP contribution in [0.5, 0.6) is 5.75 Å². The van der Waals surface area contributed by atoms with E-state index in [9.17, 15) is 5.11 Å². The lowest BCUT2D eigenvalue weighted by molar-refractivity contribution is 0.474. The third-order valence-corrected chi connectivity index (χ3v) is 3.90. The highest BCUT2D eigenvalue weighted by atomic mass is 16.3. The molecule has 1 N–H and O–H groups in total. The molecular formula is C19H19NO. The molecule has 0 spiro atoms. The molecule has 0 atom stereocenters. The molecular weight excluding hydrogens is 258 g/mol. The summed E-state index contributed by atoms with van der Waals surface area (Å²) in [7, 11) is 0. The predicted octanol–water partition coefficient (Wildman–Crippen LogP) is 4.39. The molecule has 0 saturated heterocycles. The van der Waals surface area contributed by atoms with Crippen molar-refractivity contribution in [1.29, 1.82) is 0 Å². The first-order chi connectivity index (χ1) is 10.1. The fourth-order valence-corrected chi connectivity index (χ4v) is 2.56. The Hall–Kier alpha value is -2.48. The average Bonchev–Trinajstić information content (AvgIpc) is 2.90. The van der Waals surface area contributed by atoms with Gasteiger partial charge in [0.1, 0.15) is 5.75 Å². The zero-order chi connectivity index (χ0) is 14.8. The van der Waals surface area contributed by atoms with E-state index < -0.39 is 0 Å². The van der Waals surface area contributed by atoms with Crippen molar-refractivity contribution in [3.63, 3.8) is 0 Å². The summed E-state index contributed by atoms with van der Waals surface area (Å²) in [6.07, 6.45) is 2.89. The number of rotatable bonds is 3. The van der Waals surface area contributed by atoms with Crippen LogP contribution in [0.4, 0.5) is 0 Å². The van der Waals surface area contributed by atoms with Crippen LogP contribution in [0, 0.1) is 13.8 Å². The summed E-state index contributed by atoms with van der Waals surface area (Å²) in [5, 5.41) is 9.59. The summed E-state index contributed by atoms with van der Waals surface area (Å²) in [6.45, 7) is 4.26. The maximum absolute atomic E-state index is 9.59. The number of aromatic nitrogens is 1. The molecule has 106 valence electrons. The summed E-state index contributed by atoms with van der Waals surface area (Å²) >= 11 is 0. The van der Waals surface area contributed by atoms with E-state index in [-0.39, 0.29) is 0 Å². The number of benzene rings is 2. The molecule has 0 unspecified atom stereocenters. The SMILES string of the molecule is Cc1ccc(-n2cccc2Cc2cccc(O)c2)cc1C. The number of hydrogen-bond donors (Lipinski definition) is 1. The normalized spacial score (nSPS) is 10.8. The number of aromatic hydroxyl groups is 1. The lowest BCUT2D eigenvalue weighted by Crippen LogP contribution is -2.00. The molecule has 2 aromatic carbocycles. The third-order valence-electron chi connectivity index (χ3n) is 3.90. The lowest BCUT2D eigenvalue weighted by atomic mass is 10.1. The number of aryl methyl sites for hydroxylation is 2. The topological polar surface area (TPSA) is 25.2 Å². The Morgan fingerprint density at radius 1 is 0.905 bits per heavy atom. The third kappa shape index (κ3) is 2.84. The van der Waals surface area contributed by atoms with Gasteiger partial charge in [0.05, 0.1) is 0 Å². The summed E-state index contributed by atoms with van der Waals surface area (Å²) in [5.74, 6) is 0.316. The van der Waals surface area contributed by atoms with Gasteiger partial charge in [0, 0.05) is 24.0 Å². The molecule has 0 aliphatic carbocycles. The quantitative estimate of drug-likeness (QED) is 0.754. The Balaban J connectivity index is 1.95. The number of phenols is 1. The highest BCUT2D eigenvalue weighted by Gasteiger charge is 2.06. The maximum Gasteiger partial charge on any atom is 0.115 e. The monoisotopic (exact) mass is 277 g/mol. The van der Waals surface area contributed by atoms with Crippen molar-refractivity contribution in [2.24, 2.45) is 0 Å². The first-order valence-corrected chi connectivity index (χ1v) is 7.15. The Kier molecular flexibility index (Phi) is 3.53. The van der Waals surface area contributed by atoms with Gasteiger partial charge in [0.25, 0.3) is 0 Å². The molecule has 1 aromatic heterocycles. The summed E-state index contributed by atoms with van der Waals surface area (Å²) in [5.41, 5.74) is 6.10. The molecule has 1 heterocycles. The standard InChI is InChI=1S/C19H19NO/c1-14-8-9-18(11-15(14)2)20-10-4-6-17(20)12-16-5-3-7-19(21)13-16/h3-11,13,21H,12H2,1-2H3. The van der Waals surface area contributed by atoms with E-state index in [1.54, 1.807) is 6.07 Å². The highest BCUT2D eigenvalue weighted by molar-refractivity contribution is 5.42. The highest BCUT2D eigenvalue weighted by Crippen LogP contribution is 2.20. The van der Waals surface area contributed by atoms with Crippen LogP contribution in [0.3, 0.4) is 0 Å². The van der Waals surface area contributed by atoms with Crippen molar-refractivity contribution < 1.29 is 5.11 Å². The molecule has 3 aromatic rings. The van der Waals surface area contributed by atoms with Crippen LogP contribution in [-0.2, 0) is 6.42 Å². The Bertz CT molecular complexity index is 771. The molecule has 0 radical (unpaired) electrons. The van der Waals surface area contributed by atoms with Crippen LogP contribution in [0.15, 0.2) is 60.8 Å². The second kappa shape index (κ2) is 5.49. The van der Waals surface area contributed by atoms with Crippen molar-refractivity contribution in [1.82, 2.24) is 4.57 Å². The van der Waals surface area contributed by atoms with E-state index in [2.05, 4.69) is 54.9 Å². The van der Waals surface area contributed by atoms with Gasteiger partial charge in [-0.2, -0.15) is 0 Å². The van der Waals surface area contributed by atoms with E-state index in [0.717, 1.165) is 12.0 Å². The number of nitrogens with zero attached hydrogens (tertiary/aromatic N) is 1. The Labute approximate surface area is 125 Å². The Morgan fingerprint density at radius 2 is 1.76 bits per heavy atom. The van der Waals surface area contributed by atoms with Crippen LogP contribution in [0.25, 0.3) is 5.69 Å². The average molecular weight is 277 g/mol. The summed E-state index contributed by atoms with van der Waals surface area (Å²) in [4.78, 5) is 0. The van der Waals surface area contributed by atoms with Crippen LogP contribution < -0.4 is 0 Å². The number of hydrogen-bond acceptors (Lipinski definition) is 1. The second-order valence-corrected chi connectivity index (χ2v) is 5.48. The predicted molar refractivity (Wildman–Crippen MR) is 86.2 cm³/mol. The van der Waals surface area contributed by atoms with Crippen LogP contribution >= 0.6 is 0 Å². The lowest BCUT2D eigenvalue weighted by Gasteiger charge is -2.11. The van der Waals surface area contributed by atoms with E-state index in [1.165, 1.54) is 22.5 Å². The summed E-state index contributed by atoms with van der Waals surface area (Å²) < 4.78 is 2.20. The van der Waals surface area contributed by atoms with E-state index in [1.807, 2.05) is 18.2 Å². The van der Waals surface area contributed by atoms with Crippen molar-refractivity contribution in [2.45, 2.75) is 20.3 Å². The van der Waals surface area contributed by atoms with Gasteiger partial charge < -0.3 is 9.67 Å². The zero-order valence-electron chi connectivity index (χ0n) is 12.4. The molecule has 0 fully saturated rings. The van der Waals surface area contributed by atoms with Crippen LogP contribution in [0.1, 0.15) is 22.4 Å². The van der Waals surface area contributed by atoms with Crippen molar-refractivity contribution in [3.05, 3.63) is 83.2 Å². The minimum atomic E-state index is 0.316. The molecule has 21 heavy (non-hydrogen) atoms. The van der Waals surface area contributed by atoms with Gasteiger partial charge in [-0.05, 0) is 66.9 Å². The molecule has 0 saturated carbocycles. The smallest absolute Gasteiger partial charge is 0.115 e. The van der Waals surface area contributed by atoms with Gasteiger partial charge in [-0.3, -0.25) is 0 Å². The molecule has 0 aliphatic rings. The first-order valence-electron chi connectivity index (χ1n) is 7.15. The fourth-order valence-electron chi connectivity index (χ4n) is 2.56. The zero-order valence-corrected chi connectivity index (χ0v) is 12.4. The van der Waals surface area contributed by atoms with Gasteiger partial charge in [-0.25, -0.2) is 0 Å². The van der Waals surface area contributed by atoms with E-state index in [0.29, 0.717) is 5.75 Å². The van der Waals surface area contributed by atoms with Crippen LogP contribution in [0.2, 0.25) is 0 Å². The minimum absolute atomic E-state index is 0.316. The van der Waals surface area contributed by atoms with Gasteiger partial charge in [0.2, 0.25) is 0 Å². The van der Waals surface area contributed by atoms with Gasteiger partial charge in [-0.1, -0.05) is 18.2 Å². The minimum Gasteiger partial charge on any atom is -0.508 e. The molecule has 3 rings (SSSR count). The summed E-state index contributed by atoms with van der Waals surface area (Å²) in [6, 6.07) is 18.1. The fraction of sp³-hybridized carbons (Fsp3) is 0.158. The largest absolute Gasteiger partial charge is 0.508 e. The second-order valence-electron chi connectivity index (χ2n) is 5.48. The number of phenolic OH excluding ortho intramolecular Hbond substituents is 1. The maximum atomic E-state index is 9.59. The first kappa shape index (κ1) is 13.5. The molecule has 0 aliphatic heterocycles. The molecule has 0 amide bonds. The van der Waals surface area contributed by atoms with Gasteiger partial charge in [0.15, 0.2) is 0 Å². The Morgan fingerprint density at radius 3 is 2.52 bits per heavy atom. The molecule has 2 nitrogen and oxygen atoms in total. The van der Waals surface area contributed by atoms with E-state index in [4.69, 9.17) is 0 Å².